The number of aliphatic imine (C=N–C) groups is 1. The molecule has 0 aliphatic carbocycles. The van der Waals surface area contributed by atoms with E-state index in [2.05, 4.69) is 65.6 Å². The van der Waals surface area contributed by atoms with E-state index in [9.17, 15) is 5.11 Å². The molecular weight excluding hydrogens is 294 g/mol. The minimum Gasteiger partial charge on any atom is -0.507 e. The highest BCUT2D eigenvalue weighted by Crippen LogP contribution is 2.37. The minimum absolute atomic E-state index is 0.0135. The van der Waals surface area contributed by atoms with E-state index in [1.165, 1.54) is 11.1 Å². The van der Waals surface area contributed by atoms with E-state index in [1.54, 1.807) is 6.21 Å². The van der Waals surface area contributed by atoms with E-state index in [0.29, 0.717) is 5.75 Å². The number of phenolic OH excluding ortho intramolecular Hbond substituents is 1. The molecule has 0 aliphatic heterocycles. The van der Waals surface area contributed by atoms with E-state index in [1.807, 2.05) is 24.3 Å². The van der Waals surface area contributed by atoms with Crippen LogP contribution in [0.5, 0.6) is 5.75 Å². The average molecular weight is 323 g/mol. The normalized spacial score (nSPS) is 12.8. The van der Waals surface area contributed by atoms with Crippen molar-refractivity contribution < 1.29 is 5.11 Å². The summed E-state index contributed by atoms with van der Waals surface area (Å²) < 4.78 is 0. The third-order valence-electron chi connectivity index (χ3n) is 4.17. The lowest BCUT2D eigenvalue weighted by Crippen LogP contribution is -2.17. The number of nitrogens with zero attached hydrogens (tertiary/aromatic N) is 1. The van der Waals surface area contributed by atoms with Crippen LogP contribution in [-0.4, -0.2) is 11.3 Å². The van der Waals surface area contributed by atoms with Gasteiger partial charge in [0.05, 0.1) is 5.69 Å². The molecule has 24 heavy (non-hydrogen) atoms. The number of aromatic hydroxyl groups is 1. The zero-order valence-corrected chi connectivity index (χ0v) is 15.9. The van der Waals surface area contributed by atoms with Gasteiger partial charge >= 0.3 is 0 Å². The van der Waals surface area contributed by atoms with E-state index >= 15 is 0 Å². The van der Waals surface area contributed by atoms with Gasteiger partial charge in [0.2, 0.25) is 0 Å². The number of aryl methyl sites for hydroxylation is 1. The maximum Gasteiger partial charge on any atom is 0.128 e. The maximum absolute atomic E-state index is 10.8. The molecule has 0 atom stereocenters. The molecular formula is C22H29NO. The zero-order chi connectivity index (χ0) is 18.1. The SMILES string of the molecule is Cc1cccc(N=Cc2cc(C(C)(C)C)cc(C(C)(C)C)c2O)c1. The van der Waals surface area contributed by atoms with Crippen LogP contribution in [0.3, 0.4) is 0 Å². The molecule has 0 saturated carbocycles. The van der Waals surface area contributed by atoms with Crippen molar-refractivity contribution in [3.8, 4) is 5.75 Å². The molecule has 0 saturated heterocycles. The molecule has 0 fully saturated rings. The van der Waals surface area contributed by atoms with Gasteiger partial charge in [-0.05, 0) is 47.1 Å². The van der Waals surface area contributed by atoms with E-state index in [0.717, 1.165) is 16.8 Å². The molecule has 0 heterocycles. The summed E-state index contributed by atoms with van der Waals surface area (Å²) in [7, 11) is 0. The summed E-state index contributed by atoms with van der Waals surface area (Å²) in [6, 6.07) is 12.2. The highest BCUT2D eigenvalue weighted by Gasteiger charge is 2.24. The van der Waals surface area contributed by atoms with Crippen molar-refractivity contribution in [1.82, 2.24) is 0 Å². The molecule has 0 spiro atoms. The topological polar surface area (TPSA) is 32.6 Å². The monoisotopic (exact) mass is 323 g/mol. The van der Waals surface area contributed by atoms with Gasteiger partial charge in [0.25, 0.3) is 0 Å². The molecule has 2 nitrogen and oxygen atoms in total. The molecule has 0 amide bonds. The molecule has 2 rings (SSSR count). The average Bonchev–Trinajstić information content (AvgIpc) is 2.43. The quantitative estimate of drug-likeness (QED) is 0.671. The van der Waals surface area contributed by atoms with Crippen LogP contribution in [0.4, 0.5) is 5.69 Å². The standard InChI is InChI=1S/C22H29NO/c1-15-9-8-10-18(11-15)23-14-16-12-17(21(2,3)4)13-19(20(16)24)22(5,6)7/h8-14,24H,1-7H3. The van der Waals surface area contributed by atoms with Crippen LogP contribution in [0.25, 0.3) is 0 Å². The Hall–Kier alpha value is -2.09. The number of benzene rings is 2. The van der Waals surface area contributed by atoms with Crippen molar-refractivity contribution in [3.05, 3.63) is 58.7 Å². The van der Waals surface area contributed by atoms with Gasteiger partial charge < -0.3 is 5.11 Å². The first-order valence-corrected chi connectivity index (χ1v) is 8.47. The third kappa shape index (κ3) is 4.25. The van der Waals surface area contributed by atoms with Gasteiger partial charge in [-0.15, -0.1) is 0 Å². The summed E-state index contributed by atoms with van der Waals surface area (Å²) in [6.45, 7) is 15.0. The minimum atomic E-state index is -0.128. The van der Waals surface area contributed by atoms with Gasteiger partial charge in [0.1, 0.15) is 5.75 Å². The molecule has 0 radical (unpaired) electrons. The molecule has 0 aromatic heterocycles. The fraction of sp³-hybridized carbons (Fsp3) is 0.409. The summed E-state index contributed by atoms with van der Waals surface area (Å²) in [6.07, 6.45) is 1.77. The van der Waals surface area contributed by atoms with Gasteiger partial charge in [0, 0.05) is 17.3 Å². The van der Waals surface area contributed by atoms with Crippen molar-refractivity contribution in [2.45, 2.75) is 59.3 Å². The Morgan fingerprint density at radius 1 is 0.917 bits per heavy atom. The van der Waals surface area contributed by atoms with Gasteiger partial charge in [-0.2, -0.15) is 0 Å². The second-order valence-corrected chi connectivity index (χ2v) is 8.56. The molecule has 0 unspecified atom stereocenters. The highest BCUT2D eigenvalue weighted by molar-refractivity contribution is 5.86. The summed E-state index contributed by atoms with van der Waals surface area (Å²) in [5.74, 6) is 0.326. The van der Waals surface area contributed by atoms with Crippen LogP contribution < -0.4 is 0 Å². The second-order valence-electron chi connectivity index (χ2n) is 8.56. The number of rotatable bonds is 2. The number of phenols is 1. The third-order valence-corrected chi connectivity index (χ3v) is 4.17. The molecule has 1 N–H and O–H groups in total. The maximum atomic E-state index is 10.8. The van der Waals surface area contributed by atoms with E-state index < -0.39 is 0 Å². The van der Waals surface area contributed by atoms with E-state index in [-0.39, 0.29) is 10.8 Å². The molecule has 2 aromatic rings. The summed E-state index contributed by atoms with van der Waals surface area (Å²) in [4.78, 5) is 4.56. The molecule has 2 heteroatoms. The lowest BCUT2D eigenvalue weighted by molar-refractivity contribution is 0.444. The first kappa shape index (κ1) is 18.3. The predicted octanol–water partition coefficient (Wildman–Crippen LogP) is 6.05. The first-order chi connectivity index (χ1) is 11.0. The van der Waals surface area contributed by atoms with Crippen molar-refractivity contribution >= 4 is 11.9 Å². The summed E-state index contributed by atoms with van der Waals surface area (Å²) in [5, 5.41) is 10.8. The van der Waals surface area contributed by atoms with Crippen LogP contribution in [0, 0.1) is 6.92 Å². The Labute approximate surface area is 146 Å². The Morgan fingerprint density at radius 3 is 2.12 bits per heavy atom. The van der Waals surface area contributed by atoms with Crippen LogP contribution in [0.1, 0.15) is 63.8 Å². The summed E-state index contributed by atoms with van der Waals surface area (Å²) >= 11 is 0. The molecule has 0 aliphatic rings. The number of hydrogen-bond acceptors (Lipinski definition) is 2. The van der Waals surface area contributed by atoms with Crippen molar-refractivity contribution in [1.29, 1.82) is 0 Å². The Kier molecular flexibility index (Phi) is 4.89. The smallest absolute Gasteiger partial charge is 0.128 e. The zero-order valence-electron chi connectivity index (χ0n) is 15.9. The van der Waals surface area contributed by atoms with Crippen molar-refractivity contribution in [3.63, 3.8) is 0 Å². The van der Waals surface area contributed by atoms with Crippen LogP contribution >= 0.6 is 0 Å². The van der Waals surface area contributed by atoms with Gasteiger partial charge in [-0.3, -0.25) is 4.99 Å². The Balaban J connectivity index is 2.56. The van der Waals surface area contributed by atoms with Gasteiger partial charge in [0.15, 0.2) is 0 Å². The van der Waals surface area contributed by atoms with E-state index in [4.69, 9.17) is 0 Å². The fourth-order valence-electron chi connectivity index (χ4n) is 2.61. The lowest BCUT2D eigenvalue weighted by atomic mass is 9.79. The molecule has 0 bridgehead atoms. The van der Waals surface area contributed by atoms with Crippen LogP contribution in [0.2, 0.25) is 0 Å². The Morgan fingerprint density at radius 2 is 1.58 bits per heavy atom. The van der Waals surface area contributed by atoms with Crippen molar-refractivity contribution in [2.24, 2.45) is 4.99 Å². The van der Waals surface area contributed by atoms with Gasteiger partial charge in [-0.25, -0.2) is 0 Å². The summed E-state index contributed by atoms with van der Waals surface area (Å²) in [5.41, 5.74) is 4.89. The van der Waals surface area contributed by atoms with Crippen molar-refractivity contribution in [2.75, 3.05) is 0 Å². The Bertz CT molecular complexity index is 759. The lowest BCUT2D eigenvalue weighted by Gasteiger charge is -2.26. The van der Waals surface area contributed by atoms with Crippen LogP contribution in [0.15, 0.2) is 41.4 Å². The predicted molar refractivity (Wildman–Crippen MR) is 104 cm³/mol. The molecule has 128 valence electrons. The first-order valence-electron chi connectivity index (χ1n) is 8.47. The second kappa shape index (κ2) is 6.43. The molecule has 2 aromatic carbocycles. The van der Waals surface area contributed by atoms with Gasteiger partial charge in [-0.1, -0.05) is 59.7 Å². The largest absolute Gasteiger partial charge is 0.507 e. The van der Waals surface area contributed by atoms with Crippen LogP contribution in [-0.2, 0) is 10.8 Å². The number of hydrogen-bond donors (Lipinski definition) is 1. The fourth-order valence-corrected chi connectivity index (χ4v) is 2.61. The highest BCUT2D eigenvalue weighted by atomic mass is 16.3.